The van der Waals surface area contributed by atoms with Gasteiger partial charge >= 0.3 is 0 Å². The van der Waals surface area contributed by atoms with Crippen LogP contribution in [0.15, 0.2) is 89.4 Å². The van der Waals surface area contributed by atoms with Crippen molar-refractivity contribution < 1.29 is 14.3 Å². The monoisotopic (exact) mass is 547 g/mol. The molecule has 4 nitrogen and oxygen atoms in total. The standard InChI is InChI=1S/C31H36BrN2O2/c1-34(2,3)20-12-11-19-31(35,25-15-9-6-10-16-25)29(23-13-7-5-8-14-23)27-22-24-21-26(32)17-18-28(24)33-30(27)36-4/h5-10,13-18,21-22,29,35H,11-12,19-20H2,1-4H3/q+1. The predicted octanol–water partition coefficient (Wildman–Crippen LogP) is 6.90. The lowest BCUT2D eigenvalue weighted by Gasteiger charge is -2.38. The number of hydrogen-bond donors (Lipinski definition) is 1. The largest absolute Gasteiger partial charge is 0.481 e. The van der Waals surface area contributed by atoms with Gasteiger partial charge < -0.3 is 14.3 Å². The molecule has 2 atom stereocenters. The summed E-state index contributed by atoms with van der Waals surface area (Å²) in [5.74, 6) is 0.176. The van der Waals surface area contributed by atoms with Crippen molar-refractivity contribution in [3.05, 3.63) is 106 Å². The summed E-state index contributed by atoms with van der Waals surface area (Å²) in [6.07, 6.45) is 2.55. The lowest BCUT2D eigenvalue weighted by Crippen LogP contribution is -2.37. The van der Waals surface area contributed by atoms with Crippen molar-refractivity contribution in [1.82, 2.24) is 4.98 Å². The average molecular weight is 549 g/mol. The van der Waals surface area contributed by atoms with Gasteiger partial charge in [0, 0.05) is 21.3 Å². The number of benzene rings is 3. The summed E-state index contributed by atoms with van der Waals surface area (Å²) in [7, 11) is 8.28. The number of methoxy groups -OCH3 is 1. The Bertz CT molecular complexity index is 1290. The zero-order valence-corrected chi connectivity index (χ0v) is 23.2. The molecular weight excluding hydrogens is 512 g/mol. The van der Waals surface area contributed by atoms with Gasteiger partial charge in [-0.15, -0.1) is 0 Å². The van der Waals surface area contributed by atoms with E-state index in [0.29, 0.717) is 12.3 Å². The van der Waals surface area contributed by atoms with E-state index in [2.05, 4.69) is 61.3 Å². The molecule has 4 rings (SSSR count). The molecular formula is C31H36BrN2O2+. The molecule has 0 radical (unpaired) electrons. The summed E-state index contributed by atoms with van der Waals surface area (Å²) in [5.41, 5.74) is 2.52. The fourth-order valence-electron chi connectivity index (χ4n) is 5.04. The van der Waals surface area contributed by atoms with Crippen LogP contribution < -0.4 is 4.74 Å². The van der Waals surface area contributed by atoms with Crippen LogP contribution in [0.5, 0.6) is 5.88 Å². The van der Waals surface area contributed by atoms with Gasteiger partial charge in [-0.3, -0.25) is 0 Å². The van der Waals surface area contributed by atoms with Gasteiger partial charge in [-0.1, -0.05) is 76.6 Å². The molecule has 1 heterocycles. The summed E-state index contributed by atoms with van der Waals surface area (Å²) < 4.78 is 7.75. The molecule has 1 aromatic heterocycles. The minimum atomic E-state index is -1.15. The first kappa shape index (κ1) is 26.3. The highest BCUT2D eigenvalue weighted by Gasteiger charge is 2.42. The molecule has 0 fully saturated rings. The third kappa shape index (κ3) is 5.97. The van der Waals surface area contributed by atoms with Gasteiger partial charge in [0.25, 0.3) is 0 Å². The maximum atomic E-state index is 12.7. The van der Waals surface area contributed by atoms with E-state index in [9.17, 15) is 5.11 Å². The van der Waals surface area contributed by atoms with Crippen LogP contribution >= 0.6 is 15.9 Å². The molecule has 0 spiro atoms. The van der Waals surface area contributed by atoms with Crippen molar-refractivity contribution in [2.75, 3.05) is 34.8 Å². The van der Waals surface area contributed by atoms with Gasteiger partial charge in [0.15, 0.2) is 0 Å². The Labute approximate surface area is 223 Å². The zero-order valence-electron chi connectivity index (χ0n) is 21.6. The molecule has 5 heteroatoms. The smallest absolute Gasteiger partial charge is 0.217 e. The Hall–Kier alpha value is -2.73. The first-order valence-electron chi connectivity index (χ1n) is 12.5. The van der Waals surface area contributed by atoms with Crippen molar-refractivity contribution in [3.8, 4) is 5.88 Å². The first-order valence-corrected chi connectivity index (χ1v) is 13.3. The van der Waals surface area contributed by atoms with E-state index in [1.54, 1.807) is 7.11 Å². The van der Waals surface area contributed by atoms with E-state index in [1.165, 1.54) is 0 Å². The van der Waals surface area contributed by atoms with Crippen LogP contribution in [0.2, 0.25) is 0 Å². The van der Waals surface area contributed by atoms with E-state index in [0.717, 1.165) is 55.9 Å². The van der Waals surface area contributed by atoms with E-state index >= 15 is 0 Å². The fraction of sp³-hybridized carbons (Fsp3) is 0.323. The Morgan fingerprint density at radius 3 is 2.22 bits per heavy atom. The predicted molar refractivity (Wildman–Crippen MR) is 151 cm³/mol. The number of ether oxygens (including phenoxy) is 1. The number of rotatable bonds is 10. The molecule has 0 aliphatic carbocycles. The lowest BCUT2D eigenvalue weighted by molar-refractivity contribution is -0.870. The SMILES string of the molecule is COc1nc2ccc(Br)cc2cc1C(c1ccccc1)C(O)(CCCC[N+](C)(C)C)c1ccccc1. The summed E-state index contributed by atoms with van der Waals surface area (Å²) in [4.78, 5) is 4.86. The minimum Gasteiger partial charge on any atom is -0.481 e. The lowest BCUT2D eigenvalue weighted by atomic mass is 9.71. The van der Waals surface area contributed by atoms with Crippen molar-refractivity contribution in [3.63, 3.8) is 0 Å². The molecule has 36 heavy (non-hydrogen) atoms. The Morgan fingerprint density at radius 1 is 0.917 bits per heavy atom. The van der Waals surface area contributed by atoms with Crippen LogP contribution in [0.3, 0.4) is 0 Å². The molecule has 0 aliphatic rings. The molecule has 0 bridgehead atoms. The number of fused-ring (bicyclic) bond motifs is 1. The second-order valence-corrected chi connectivity index (χ2v) is 11.4. The molecule has 4 aromatic rings. The number of aliphatic hydroxyl groups is 1. The van der Waals surface area contributed by atoms with Crippen molar-refractivity contribution in [1.29, 1.82) is 0 Å². The molecule has 3 aromatic carbocycles. The number of hydrogen-bond acceptors (Lipinski definition) is 3. The van der Waals surface area contributed by atoms with Gasteiger partial charge in [-0.05, 0) is 54.7 Å². The van der Waals surface area contributed by atoms with Crippen LogP contribution in [0, 0.1) is 0 Å². The average Bonchev–Trinajstić information content (AvgIpc) is 2.87. The second-order valence-electron chi connectivity index (χ2n) is 10.5. The first-order chi connectivity index (χ1) is 17.2. The summed E-state index contributed by atoms with van der Waals surface area (Å²) in [6.45, 7) is 1.05. The Kier molecular flexibility index (Phi) is 8.13. The van der Waals surface area contributed by atoms with E-state index in [1.807, 2.05) is 60.7 Å². The fourth-order valence-corrected chi connectivity index (χ4v) is 5.42. The highest BCUT2D eigenvalue weighted by molar-refractivity contribution is 9.10. The van der Waals surface area contributed by atoms with Gasteiger partial charge in [-0.25, -0.2) is 4.98 Å². The van der Waals surface area contributed by atoms with Crippen LogP contribution in [0.4, 0.5) is 0 Å². The van der Waals surface area contributed by atoms with Gasteiger partial charge in [-0.2, -0.15) is 0 Å². The highest BCUT2D eigenvalue weighted by Crippen LogP contribution is 2.48. The third-order valence-corrected chi connectivity index (χ3v) is 7.29. The van der Waals surface area contributed by atoms with E-state index in [4.69, 9.17) is 9.72 Å². The van der Waals surface area contributed by atoms with Crippen molar-refractivity contribution in [2.24, 2.45) is 0 Å². The molecule has 2 unspecified atom stereocenters. The van der Waals surface area contributed by atoms with Crippen LogP contribution in [-0.4, -0.2) is 49.4 Å². The molecule has 0 aliphatic heterocycles. The Morgan fingerprint density at radius 2 is 1.58 bits per heavy atom. The van der Waals surface area contributed by atoms with E-state index in [-0.39, 0.29) is 5.92 Å². The number of unbranched alkanes of at least 4 members (excludes halogenated alkanes) is 1. The molecule has 188 valence electrons. The minimum absolute atomic E-state index is 0.365. The quantitative estimate of drug-likeness (QED) is 0.173. The number of pyridine rings is 1. The van der Waals surface area contributed by atoms with E-state index < -0.39 is 5.60 Å². The van der Waals surface area contributed by atoms with Crippen molar-refractivity contribution in [2.45, 2.75) is 30.8 Å². The summed E-state index contributed by atoms with van der Waals surface area (Å²) >= 11 is 3.60. The van der Waals surface area contributed by atoms with Crippen molar-refractivity contribution >= 4 is 26.8 Å². The maximum absolute atomic E-state index is 12.7. The molecule has 1 N–H and O–H groups in total. The number of halogens is 1. The van der Waals surface area contributed by atoms with Crippen LogP contribution in [0.25, 0.3) is 10.9 Å². The molecule has 0 amide bonds. The zero-order chi connectivity index (χ0) is 25.8. The summed E-state index contributed by atoms with van der Waals surface area (Å²) in [5, 5.41) is 13.7. The third-order valence-electron chi connectivity index (χ3n) is 6.79. The molecule has 0 saturated carbocycles. The van der Waals surface area contributed by atoms with Gasteiger partial charge in [0.05, 0.1) is 40.3 Å². The van der Waals surface area contributed by atoms with Crippen LogP contribution in [0.1, 0.15) is 41.9 Å². The second kappa shape index (κ2) is 11.1. The highest BCUT2D eigenvalue weighted by atomic mass is 79.9. The van der Waals surface area contributed by atoms with Crippen LogP contribution in [-0.2, 0) is 5.60 Å². The van der Waals surface area contributed by atoms with Gasteiger partial charge in [0.1, 0.15) is 5.60 Å². The maximum Gasteiger partial charge on any atom is 0.217 e. The molecule has 0 saturated heterocycles. The summed E-state index contributed by atoms with van der Waals surface area (Å²) in [6, 6.07) is 28.5. The Balaban J connectivity index is 1.90. The van der Waals surface area contributed by atoms with Gasteiger partial charge in [0.2, 0.25) is 5.88 Å². The normalized spacial score (nSPS) is 14.4. The number of aromatic nitrogens is 1. The number of nitrogens with zero attached hydrogens (tertiary/aromatic N) is 2. The number of quaternary nitrogens is 1. The topological polar surface area (TPSA) is 42.4 Å².